The molecule has 0 aliphatic rings. The lowest BCUT2D eigenvalue weighted by atomic mass is 10.1. The summed E-state index contributed by atoms with van der Waals surface area (Å²) in [5.41, 5.74) is 0.754. The van der Waals surface area contributed by atoms with Gasteiger partial charge in [-0.3, -0.25) is 4.79 Å². The predicted molar refractivity (Wildman–Crippen MR) is 101 cm³/mol. The molecule has 0 unspecified atom stereocenters. The van der Waals surface area contributed by atoms with Crippen LogP contribution in [-0.4, -0.2) is 37.8 Å². The van der Waals surface area contributed by atoms with Crippen molar-refractivity contribution in [1.29, 1.82) is 0 Å². The third-order valence-electron chi connectivity index (χ3n) is 2.95. The molecule has 0 aromatic heterocycles. The molecule has 0 spiro atoms. The number of rotatable bonds is 9. The molecule has 136 valence electrons. The number of carbonyl (C=O) groups excluding carboxylic acids is 1. The number of carbonyl (C=O) groups is 1. The summed E-state index contributed by atoms with van der Waals surface area (Å²) in [6.45, 7) is 7.48. The number of ether oxygens (including phenoxy) is 3. The molecule has 0 bridgehead atoms. The Morgan fingerprint density at radius 3 is 2.54 bits per heavy atom. The maximum atomic E-state index is 11.7. The summed E-state index contributed by atoms with van der Waals surface area (Å²) in [4.78, 5) is 11.7. The van der Waals surface area contributed by atoms with Crippen LogP contribution >= 0.6 is 34.8 Å². The van der Waals surface area contributed by atoms with Crippen LogP contribution in [0.3, 0.4) is 0 Å². The molecule has 0 N–H and O–H groups in total. The van der Waals surface area contributed by atoms with Gasteiger partial charge in [-0.2, -0.15) is 0 Å². The van der Waals surface area contributed by atoms with Crippen LogP contribution in [0.15, 0.2) is 24.3 Å². The van der Waals surface area contributed by atoms with Crippen molar-refractivity contribution in [3.8, 4) is 5.75 Å². The molecule has 1 rings (SSSR count). The van der Waals surface area contributed by atoms with E-state index in [1.807, 2.05) is 0 Å². The molecule has 0 atom stereocenters. The summed E-state index contributed by atoms with van der Waals surface area (Å²) in [6.07, 6.45) is 0.0778. The molecule has 0 fully saturated rings. The van der Waals surface area contributed by atoms with Crippen molar-refractivity contribution in [1.82, 2.24) is 0 Å². The fourth-order valence-electron chi connectivity index (χ4n) is 1.67. The summed E-state index contributed by atoms with van der Waals surface area (Å²) in [5.74, 6) is 0.166. The third-order valence-corrected chi connectivity index (χ3v) is 4.98. The topological polar surface area (TPSA) is 44.8 Å². The summed E-state index contributed by atoms with van der Waals surface area (Å²) in [5, 5.41) is 0. The summed E-state index contributed by atoms with van der Waals surface area (Å²) < 4.78 is 14.3. The molecule has 0 aliphatic carbocycles. The van der Waals surface area contributed by atoms with Gasteiger partial charge in [0, 0.05) is 14.7 Å². The molecular weight excluding hydrogens is 391 g/mol. The molecule has 0 aliphatic heterocycles. The Morgan fingerprint density at radius 1 is 1.21 bits per heavy atom. The third kappa shape index (κ3) is 11.2. The van der Waals surface area contributed by atoms with Gasteiger partial charge in [-0.1, -0.05) is 66.6 Å². The first kappa shape index (κ1) is 21.6. The van der Waals surface area contributed by atoms with Gasteiger partial charge in [0.25, 0.3) is 0 Å². The molecule has 0 saturated carbocycles. The van der Waals surface area contributed by atoms with Gasteiger partial charge >= 0.3 is 5.97 Å². The number of hydrogen-bond acceptors (Lipinski definition) is 4. The predicted octanol–water partition coefficient (Wildman–Crippen LogP) is 4.83. The van der Waals surface area contributed by atoms with E-state index in [-0.39, 0.29) is 19.8 Å². The van der Waals surface area contributed by atoms with Crippen molar-refractivity contribution in [2.24, 2.45) is 0 Å². The largest absolute Gasteiger partial charge is 0.468 e. The smallest absolute Gasteiger partial charge is 0.310 e. The van der Waals surface area contributed by atoms with E-state index in [2.05, 4.69) is 19.6 Å². The first-order chi connectivity index (χ1) is 11.1. The monoisotopic (exact) mass is 412 g/mol. The van der Waals surface area contributed by atoms with E-state index in [1.54, 1.807) is 24.3 Å². The lowest BCUT2D eigenvalue weighted by molar-refractivity contribution is -0.142. The lowest BCUT2D eigenvalue weighted by Gasteiger charge is -2.15. The highest BCUT2D eigenvalue weighted by atomic mass is 35.6. The normalized spacial score (nSPS) is 12.1. The maximum Gasteiger partial charge on any atom is 0.310 e. The quantitative estimate of drug-likeness (QED) is 0.191. The summed E-state index contributed by atoms with van der Waals surface area (Å²) in [6, 6.07) is 8.26. The first-order valence-corrected chi connectivity index (χ1v) is 12.4. The van der Waals surface area contributed by atoms with Gasteiger partial charge in [-0.15, -0.1) is 0 Å². The molecule has 0 amide bonds. The average molecular weight is 414 g/mol. The van der Waals surface area contributed by atoms with Crippen molar-refractivity contribution >= 4 is 48.8 Å². The SMILES string of the molecule is C[Si](C)(C)CCOCOc1cccc(CC(=O)OCC(Cl)(Cl)Cl)c1. The second kappa shape index (κ2) is 9.87. The second-order valence-corrected chi connectivity index (χ2v) is 14.7. The minimum absolute atomic E-state index is 0.0778. The zero-order valence-corrected chi connectivity index (χ0v) is 17.4. The zero-order chi connectivity index (χ0) is 18.2. The van der Waals surface area contributed by atoms with Crippen LogP contribution in [0.2, 0.25) is 25.7 Å². The number of benzene rings is 1. The molecule has 1 aromatic carbocycles. The molecule has 4 nitrogen and oxygen atoms in total. The highest BCUT2D eigenvalue weighted by Crippen LogP contribution is 2.26. The van der Waals surface area contributed by atoms with Gasteiger partial charge < -0.3 is 14.2 Å². The molecule has 24 heavy (non-hydrogen) atoms. The number of esters is 1. The Balaban J connectivity index is 2.37. The van der Waals surface area contributed by atoms with Crippen LogP contribution < -0.4 is 4.74 Å². The molecule has 1 aromatic rings. The fraction of sp³-hybridized carbons (Fsp3) is 0.562. The van der Waals surface area contributed by atoms with E-state index >= 15 is 0 Å². The van der Waals surface area contributed by atoms with Crippen LogP contribution in [0.5, 0.6) is 5.75 Å². The maximum absolute atomic E-state index is 11.7. The van der Waals surface area contributed by atoms with Gasteiger partial charge in [0.2, 0.25) is 3.79 Å². The Labute approximate surface area is 159 Å². The second-order valence-electron chi connectivity index (χ2n) is 6.58. The zero-order valence-electron chi connectivity index (χ0n) is 14.1. The standard InChI is InChI=1S/C16H23Cl3O4Si/c1-24(2,3)8-7-21-12-23-14-6-4-5-13(9-14)10-15(20)22-11-16(17,18)19/h4-6,9H,7-8,10-12H2,1-3H3. The molecule has 8 heteroatoms. The van der Waals surface area contributed by atoms with Gasteiger partial charge in [0.1, 0.15) is 12.4 Å². The van der Waals surface area contributed by atoms with E-state index in [0.717, 1.165) is 11.6 Å². The van der Waals surface area contributed by atoms with Gasteiger partial charge in [0.15, 0.2) is 6.79 Å². The molecule has 0 heterocycles. The lowest BCUT2D eigenvalue weighted by Crippen LogP contribution is -2.22. The summed E-state index contributed by atoms with van der Waals surface area (Å²) in [7, 11) is -1.10. The minimum Gasteiger partial charge on any atom is -0.468 e. The van der Waals surface area contributed by atoms with Crippen LogP contribution in [0.25, 0.3) is 0 Å². The van der Waals surface area contributed by atoms with Crippen molar-refractivity contribution < 1.29 is 19.0 Å². The van der Waals surface area contributed by atoms with E-state index in [1.165, 1.54) is 0 Å². The highest BCUT2D eigenvalue weighted by Gasteiger charge is 2.22. The number of hydrogen-bond donors (Lipinski definition) is 0. The Kier molecular flexibility index (Phi) is 8.88. The van der Waals surface area contributed by atoms with Crippen LogP contribution in [0.4, 0.5) is 0 Å². The van der Waals surface area contributed by atoms with E-state index in [0.29, 0.717) is 12.4 Å². The van der Waals surface area contributed by atoms with Gasteiger partial charge in [-0.25, -0.2) is 0 Å². The van der Waals surface area contributed by atoms with Crippen LogP contribution in [0.1, 0.15) is 5.56 Å². The Bertz CT molecular complexity index is 527. The van der Waals surface area contributed by atoms with Gasteiger partial charge in [-0.05, 0) is 23.7 Å². The molecule has 0 saturated heterocycles. The van der Waals surface area contributed by atoms with E-state index in [4.69, 9.17) is 49.0 Å². The number of halogens is 3. The summed E-state index contributed by atoms with van der Waals surface area (Å²) >= 11 is 16.6. The molecular formula is C16H23Cl3O4Si. The minimum atomic E-state index is -1.60. The first-order valence-electron chi connectivity index (χ1n) is 7.57. The van der Waals surface area contributed by atoms with Crippen molar-refractivity contribution in [2.75, 3.05) is 20.0 Å². The number of alkyl halides is 3. The van der Waals surface area contributed by atoms with Crippen molar-refractivity contribution in [2.45, 2.75) is 35.9 Å². The fourth-order valence-corrected chi connectivity index (χ4v) is 2.59. The van der Waals surface area contributed by atoms with Gasteiger partial charge in [0.05, 0.1) is 6.42 Å². The Morgan fingerprint density at radius 2 is 1.92 bits per heavy atom. The van der Waals surface area contributed by atoms with Crippen LogP contribution in [0, 0.1) is 0 Å². The highest BCUT2D eigenvalue weighted by molar-refractivity contribution is 6.76. The van der Waals surface area contributed by atoms with Crippen molar-refractivity contribution in [3.63, 3.8) is 0 Å². The average Bonchev–Trinajstić information content (AvgIpc) is 2.43. The van der Waals surface area contributed by atoms with Crippen molar-refractivity contribution in [3.05, 3.63) is 29.8 Å². The van der Waals surface area contributed by atoms with Crippen LogP contribution in [-0.2, 0) is 20.7 Å². The molecule has 0 radical (unpaired) electrons. The Hall–Kier alpha value is -0.463. The van der Waals surface area contributed by atoms with E-state index in [9.17, 15) is 4.79 Å². The van der Waals surface area contributed by atoms with E-state index < -0.39 is 17.8 Å².